The Labute approximate surface area is 210 Å². The van der Waals surface area contributed by atoms with Crippen molar-refractivity contribution in [3.05, 3.63) is 71.0 Å². The van der Waals surface area contributed by atoms with Crippen molar-refractivity contribution in [3.8, 4) is 5.75 Å². The summed E-state index contributed by atoms with van der Waals surface area (Å²) in [6.07, 6.45) is 1.66. The minimum Gasteiger partial charge on any atom is -0.489 e. The van der Waals surface area contributed by atoms with E-state index in [9.17, 15) is 14.0 Å². The molecule has 3 aliphatic heterocycles. The molecular weight excluding hydrogens is 485 g/mol. The molecule has 5 rings (SSSR count). The Balaban J connectivity index is 1.24. The number of hydrogen-bond donors (Lipinski definition) is 1. The second kappa shape index (κ2) is 10.4. The van der Waals surface area contributed by atoms with Crippen molar-refractivity contribution >= 4 is 45.7 Å². The number of fused-ring (bicyclic) bond motifs is 1. The summed E-state index contributed by atoms with van der Waals surface area (Å²) in [4.78, 5) is 31.0. The lowest BCUT2D eigenvalue weighted by molar-refractivity contribution is -0.133. The summed E-state index contributed by atoms with van der Waals surface area (Å²) in [5, 5.41) is 14.9. The van der Waals surface area contributed by atoms with Gasteiger partial charge < -0.3 is 14.4 Å². The molecule has 3 heterocycles. The molecule has 2 aromatic carbocycles. The normalized spacial score (nSPS) is 18.8. The highest BCUT2D eigenvalue weighted by atomic mass is 32.2. The largest absolute Gasteiger partial charge is 0.489 e. The maximum Gasteiger partial charge on any atom is 0.283 e. The SMILES string of the molecule is N=C1C(=Cc2ccc(OCc3ccc(F)cc3)cc2)C(=O)N=C2SC(CC(=O)N3CCOCC3)=NN12. The van der Waals surface area contributed by atoms with E-state index in [-0.39, 0.29) is 34.7 Å². The van der Waals surface area contributed by atoms with Gasteiger partial charge in [-0.1, -0.05) is 24.3 Å². The third-order valence-electron chi connectivity index (χ3n) is 5.67. The summed E-state index contributed by atoms with van der Waals surface area (Å²) < 4.78 is 24.0. The summed E-state index contributed by atoms with van der Waals surface area (Å²) in [6, 6.07) is 13.1. The van der Waals surface area contributed by atoms with Crippen LogP contribution in [-0.2, 0) is 20.9 Å². The summed E-state index contributed by atoms with van der Waals surface area (Å²) in [5.74, 6) is -0.386. The van der Waals surface area contributed by atoms with Crippen LogP contribution >= 0.6 is 11.8 Å². The van der Waals surface area contributed by atoms with Gasteiger partial charge in [-0.15, -0.1) is 0 Å². The molecule has 1 saturated heterocycles. The molecule has 0 unspecified atom stereocenters. The van der Waals surface area contributed by atoms with Gasteiger partial charge in [0.05, 0.1) is 25.2 Å². The molecular formula is C25H22FN5O4S. The molecule has 0 aliphatic carbocycles. The van der Waals surface area contributed by atoms with Gasteiger partial charge in [0.2, 0.25) is 11.1 Å². The van der Waals surface area contributed by atoms with Crippen molar-refractivity contribution in [2.24, 2.45) is 10.1 Å². The number of hydrogen-bond acceptors (Lipinski definition) is 7. The highest BCUT2D eigenvalue weighted by Crippen LogP contribution is 2.30. The fourth-order valence-corrected chi connectivity index (χ4v) is 4.61. The van der Waals surface area contributed by atoms with E-state index >= 15 is 0 Å². The number of carbonyl (C=O) groups is 2. The van der Waals surface area contributed by atoms with E-state index in [4.69, 9.17) is 14.9 Å². The van der Waals surface area contributed by atoms with Crippen molar-refractivity contribution in [2.75, 3.05) is 26.3 Å². The lowest BCUT2D eigenvalue weighted by Crippen LogP contribution is -2.41. The molecule has 1 fully saturated rings. The molecule has 0 atom stereocenters. The Bertz CT molecular complexity index is 1280. The minimum atomic E-state index is -0.536. The van der Waals surface area contributed by atoms with Crippen LogP contribution in [-0.4, -0.2) is 64.1 Å². The number of hydrazone groups is 1. The summed E-state index contributed by atoms with van der Waals surface area (Å²) in [6.45, 7) is 2.40. The van der Waals surface area contributed by atoms with E-state index in [1.807, 2.05) is 0 Å². The van der Waals surface area contributed by atoms with Crippen molar-refractivity contribution in [1.82, 2.24) is 9.91 Å². The molecule has 1 N–H and O–H groups in total. The van der Waals surface area contributed by atoms with Gasteiger partial charge in [0, 0.05) is 13.1 Å². The molecule has 0 saturated carbocycles. The summed E-state index contributed by atoms with van der Waals surface area (Å²) in [5.41, 5.74) is 1.63. The summed E-state index contributed by atoms with van der Waals surface area (Å²) in [7, 11) is 0. The molecule has 0 aromatic heterocycles. The zero-order chi connectivity index (χ0) is 25.1. The third kappa shape index (κ3) is 5.37. The number of halogens is 1. The highest BCUT2D eigenvalue weighted by molar-refractivity contribution is 8.27. The lowest BCUT2D eigenvalue weighted by Gasteiger charge is -2.26. The topological polar surface area (TPSA) is 108 Å². The molecule has 36 heavy (non-hydrogen) atoms. The van der Waals surface area contributed by atoms with Gasteiger partial charge in [-0.25, -0.2) is 4.39 Å². The van der Waals surface area contributed by atoms with E-state index in [2.05, 4.69) is 10.1 Å². The number of amides is 2. The molecule has 0 radical (unpaired) electrons. The minimum absolute atomic E-state index is 0.0691. The fourth-order valence-electron chi connectivity index (χ4n) is 3.73. The van der Waals surface area contributed by atoms with Crippen LogP contribution in [0.25, 0.3) is 6.08 Å². The standard InChI is InChI=1S/C25H22FN5O4S/c26-18-5-1-17(2-6-18)15-35-19-7-3-16(4-8-19)13-20-23(27)31-25(28-24(20)33)36-21(29-31)14-22(32)30-9-11-34-12-10-30/h1-8,13,27H,9-12,14-15H2. The molecule has 11 heteroatoms. The maximum atomic E-state index is 13.0. The fraction of sp³-hybridized carbons (Fsp3) is 0.240. The smallest absolute Gasteiger partial charge is 0.283 e. The number of ether oxygens (including phenoxy) is 2. The predicted octanol–water partition coefficient (Wildman–Crippen LogP) is 3.27. The maximum absolute atomic E-state index is 13.0. The second-order valence-electron chi connectivity index (χ2n) is 8.17. The van der Waals surface area contributed by atoms with E-state index in [1.54, 1.807) is 47.4 Å². The van der Waals surface area contributed by atoms with E-state index < -0.39 is 5.91 Å². The number of aliphatic imine (C=N–C) groups is 1. The molecule has 3 aliphatic rings. The number of nitrogens with zero attached hydrogens (tertiary/aromatic N) is 4. The van der Waals surface area contributed by atoms with Crippen LogP contribution in [0.15, 0.2) is 64.2 Å². The molecule has 2 amide bonds. The van der Waals surface area contributed by atoms with Gasteiger partial charge >= 0.3 is 0 Å². The Hall–Kier alpha value is -3.83. The van der Waals surface area contributed by atoms with Crippen LogP contribution in [0.5, 0.6) is 5.75 Å². The first kappa shape index (κ1) is 23.9. The van der Waals surface area contributed by atoms with Gasteiger partial charge in [-0.05, 0) is 53.2 Å². The van der Waals surface area contributed by atoms with Crippen molar-refractivity contribution in [2.45, 2.75) is 13.0 Å². The van der Waals surface area contributed by atoms with Crippen LogP contribution in [0.4, 0.5) is 4.39 Å². The zero-order valence-corrected chi connectivity index (χ0v) is 20.0. The van der Waals surface area contributed by atoms with Gasteiger partial charge in [0.25, 0.3) is 5.91 Å². The molecule has 2 aromatic rings. The zero-order valence-electron chi connectivity index (χ0n) is 19.1. The number of nitrogens with one attached hydrogen (secondary N) is 1. The molecule has 0 spiro atoms. The van der Waals surface area contributed by atoms with Crippen LogP contribution in [0.3, 0.4) is 0 Å². The molecule has 9 nitrogen and oxygen atoms in total. The van der Waals surface area contributed by atoms with E-state index in [1.165, 1.54) is 17.1 Å². The quantitative estimate of drug-likeness (QED) is 0.602. The number of thioether (sulfide) groups is 1. The van der Waals surface area contributed by atoms with Gasteiger partial charge in [0.1, 0.15) is 23.2 Å². The number of rotatable bonds is 6. The van der Waals surface area contributed by atoms with E-state index in [0.717, 1.165) is 17.3 Å². The average Bonchev–Trinajstić information content (AvgIpc) is 3.29. The number of carbonyl (C=O) groups excluding carboxylic acids is 2. The first-order valence-electron chi connectivity index (χ1n) is 11.3. The van der Waals surface area contributed by atoms with Gasteiger partial charge in [0.15, 0.2) is 5.84 Å². The van der Waals surface area contributed by atoms with Crippen molar-refractivity contribution < 1.29 is 23.5 Å². The molecule has 0 bridgehead atoms. The monoisotopic (exact) mass is 507 g/mol. The Kier molecular flexibility index (Phi) is 6.92. The third-order valence-corrected chi connectivity index (χ3v) is 6.58. The Morgan fingerprint density at radius 3 is 2.58 bits per heavy atom. The summed E-state index contributed by atoms with van der Waals surface area (Å²) >= 11 is 1.13. The highest BCUT2D eigenvalue weighted by Gasteiger charge is 2.36. The lowest BCUT2D eigenvalue weighted by atomic mass is 10.1. The van der Waals surface area contributed by atoms with E-state index in [0.29, 0.717) is 49.3 Å². The number of benzene rings is 2. The Morgan fingerprint density at radius 2 is 1.86 bits per heavy atom. The second-order valence-corrected chi connectivity index (χ2v) is 9.21. The Morgan fingerprint density at radius 1 is 1.14 bits per heavy atom. The molecule has 184 valence electrons. The van der Waals surface area contributed by atoms with Crippen LogP contribution in [0.1, 0.15) is 17.5 Å². The van der Waals surface area contributed by atoms with Crippen LogP contribution < -0.4 is 4.74 Å². The first-order valence-corrected chi connectivity index (χ1v) is 12.1. The van der Waals surface area contributed by atoms with Crippen LogP contribution in [0.2, 0.25) is 0 Å². The predicted molar refractivity (Wildman–Crippen MR) is 134 cm³/mol. The van der Waals surface area contributed by atoms with Crippen molar-refractivity contribution in [3.63, 3.8) is 0 Å². The van der Waals surface area contributed by atoms with Crippen LogP contribution in [0, 0.1) is 11.2 Å². The average molecular weight is 508 g/mol. The number of morpholine rings is 1. The number of amidine groups is 2. The first-order chi connectivity index (χ1) is 17.5. The van der Waals surface area contributed by atoms with Crippen molar-refractivity contribution in [1.29, 1.82) is 5.41 Å². The van der Waals surface area contributed by atoms with Gasteiger partial charge in [-0.2, -0.15) is 15.1 Å². The van der Waals surface area contributed by atoms with Gasteiger partial charge in [-0.3, -0.25) is 15.0 Å².